The van der Waals surface area contributed by atoms with Gasteiger partial charge in [0, 0.05) is 32.1 Å². The summed E-state index contributed by atoms with van der Waals surface area (Å²) in [6.07, 6.45) is 7.71. The zero-order valence-corrected chi connectivity index (χ0v) is 16.6. The molecule has 26 heavy (non-hydrogen) atoms. The smallest absolute Gasteiger partial charge is 0.241 e. The maximum Gasteiger partial charge on any atom is 0.241 e. The van der Waals surface area contributed by atoms with E-state index in [2.05, 4.69) is 29.6 Å². The number of guanidine groups is 1. The Labute approximate surface area is 156 Å². The predicted octanol–water partition coefficient (Wildman–Crippen LogP) is 2.26. The maximum atomic E-state index is 11.9. The van der Waals surface area contributed by atoms with Gasteiger partial charge in [-0.15, -0.1) is 0 Å². The second kappa shape index (κ2) is 10.2. The first-order chi connectivity index (χ1) is 12.5. The number of aliphatic imine (C=N–C) groups is 1. The van der Waals surface area contributed by atoms with Gasteiger partial charge in [0.1, 0.15) is 5.76 Å². The van der Waals surface area contributed by atoms with E-state index in [1.807, 2.05) is 0 Å². The SMILES string of the molecule is CCc1noc(CC)c1CN=C(NCC(=O)N(C)C)NC1CCCCC1. The molecule has 1 aliphatic carbocycles. The van der Waals surface area contributed by atoms with Gasteiger partial charge in [-0.25, -0.2) is 4.99 Å². The van der Waals surface area contributed by atoms with Gasteiger partial charge in [0.25, 0.3) is 0 Å². The molecule has 1 aromatic heterocycles. The van der Waals surface area contributed by atoms with E-state index in [0.717, 1.165) is 42.7 Å². The van der Waals surface area contributed by atoms with E-state index in [9.17, 15) is 4.79 Å². The van der Waals surface area contributed by atoms with Crippen LogP contribution in [0.3, 0.4) is 0 Å². The number of carbonyl (C=O) groups is 1. The molecule has 0 aliphatic heterocycles. The summed E-state index contributed by atoms with van der Waals surface area (Å²) >= 11 is 0. The van der Waals surface area contributed by atoms with Crippen LogP contribution in [-0.4, -0.2) is 48.6 Å². The van der Waals surface area contributed by atoms with Crippen molar-refractivity contribution in [1.82, 2.24) is 20.7 Å². The minimum Gasteiger partial charge on any atom is -0.361 e. The van der Waals surface area contributed by atoms with Crippen molar-refractivity contribution >= 4 is 11.9 Å². The first-order valence-electron chi connectivity index (χ1n) is 9.76. The highest BCUT2D eigenvalue weighted by Crippen LogP contribution is 2.18. The molecular weight excluding hydrogens is 330 g/mol. The molecule has 0 aromatic carbocycles. The van der Waals surface area contributed by atoms with Crippen LogP contribution in [0.5, 0.6) is 0 Å². The largest absolute Gasteiger partial charge is 0.361 e. The van der Waals surface area contributed by atoms with Crippen LogP contribution in [0, 0.1) is 0 Å². The van der Waals surface area contributed by atoms with E-state index in [4.69, 9.17) is 9.52 Å². The van der Waals surface area contributed by atoms with Crippen molar-refractivity contribution in [2.45, 2.75) is 71.4 Å². The highest BCUT2D eigenvalue weighted by molar-refractivity contribution is 5.86. The first kappa shape index (κ1) is 20.3. The van der Waals surface area contributed by atoms with Gasteiger partial charge in [0.15, 0.2) is 5.96 Å². The quantitative estimate of drug-likeness (QED) is 0.573. The Morgan fingerprint density at radius 2 is 1.96 bits per heavy atom. The van der Waals surface area contributed by atoms with E-state index < -0.39 is 0 Å². The molecule has 0 atom stereocenters. The number of nitrogens with zero attached hydrogens (tertiary/aromatic N) is 3. The molecule has 0 radical (unpaired) electrons. The second-order valence-corrected chi connectivity index (χ2v) is 7.02. The maximum absolute atomic E-state index is 11.9. The van der Waals surface area contributed by atoms with Crippen molar-refractivity contribution in [3.8, 4) is 0 Å². The number of nitrogens with one attached hydrogen (secondary N) is 2. The van der Waals surface area contributed by atoms with Crippen LogP contribution >= 0.6 is 0 Å². The summed E-state index contributed by atoms with van der Waals surface area (Å²) in [6, 6.07) is 0.420. The topological polar surface area (TPSA) is 82.8 Å². The Hall–Kier alpha value is -2.05. The first-order valence-corrected chi connectivity index (χ1v) is 9.76. The van der Waals surface area contributed by atoms with Crippen molar-refractivity contribution in [1.29, 1.82) is 0 Å². The molecule has 1 fully saturated rings. The minimum absolute atomic E-state index is 0.0246. The summed E-state index contributed by atoms with van der Waals surface area (Å²) in [5.41, 5.74) is 2.03. The monoisotopic (exact) mass is 363 g/mol. The van der Waals surface area contributed by atoms with Crippen LogP contribution in [0.15, 0.2) is 9.52 Å². The van der Waals surface area contributed by atoms with Crippen molar-refractivity contribution in [2.75, 3.05) is 20.6 Å². The normalized spacial score (nSPS) is 15.8. The van der Waals surface area contributed by atoms with Crippen LogP contribution in [0.25, 0.3) is 0 Å². The highest BCUT2D eigenvalue weighted by Gasteiger charge is 2.17. The number of rotatable bonds is 7. The van der Waals surface area contributed by atoms with Crippen LogP contribution in [0.2, 0.25) is 0 Å². The molecular formula is C19H33N5O2. The van der Waals surface area contributed by atoms with Crippen molar-refractivity contribution in [2.24, 2.45) is 4.99 Å². The fourth-order valence-corrected chi connectivity index (χ4v) is 3.19. The van der Waals surface area contributed by atoms with Crippen molar-refractivity contribution < 1.29 is 9.32 Å². The van der Waals surface area contributed by atoms with E-state index in [-0.39, 0.29) is 12.5 Å². The number of aromatic nitrogens is 1. The molecule has 1 aliphatic rings. The average molecular weight is 364 g/mol. The number of hydrogen-bond donors (Lipinski definition) is 2. The molecule has 0 bridgehead atoms. The molecule has 2 rings (SSSR count). The predicted molar refractivity (Wildman–Crippen MR) is 103 cm³/mol. The van der Waals surface area contributed by atoms with Crippen LogP contribution in [-0.2, 0) is 24.2 Å². The molecule has 1 saturated carbocycles. The lowest BCUT2D eigenvalue weighted by molar-refractivity contribution is -0.127. The van der Waals surface area contributed by atoms with E-state index in [1.54, 1.807) is 19.0 Å². The average Bonchev–Trinajstić information content (AvgIpc) is 3.06. The third-order valence-corrected chi connectivity index (χ3v) is 4.85. The van der Waals surface area contributed by atoms with Gasteiger partial charge < -0.3 is 20.1 Å². The summed E-state index contributed by atoms with van der Waals surface area (Å²) in [5, 5.41) is 10.8. The molecule has 1 heterocycles. The standard InChI is InChI=1S/C19H33N5O2/c1-5-16-15(17(6-2)26-23-16)12-20-19(21-13-18(25)24(3)4)22-14-10-8-7-9-11-14/h14H,5-13H2,1-4H3,(H2,20,21,22). The van der Waals surface area contributed by atoms with Gasteiger partial charge in [-0.3, -0.25) is 4.79 Å². The van der Waals surface area contributed by atoms with Crippen molar-refractivity contribution in [3.63, 3.8) is 0 Å². The summed E-state index contributed by atoms with van der Waals surface area (Å²) in [5.74, 6) is 1.61. The third-order valence-electron chi connectivity index (χ3n) is 4.85. The number of likely N-dealkylation sites (N-methyl/N-ethyl adjacent to an activating group) is 1. The molecule has 0 spiro atoms. The zero-order valence-electron chi connectivity index (χ0n) is 16.6. The van der Waals surface area contributed by atoms with Gasteiger partial charge in [-0.2, -0.15) is 0 Å². The lowest BCUT2D eigenvalue weighted by atomic mass is 9.96. The zero-order chi connectivity index (χ0) is 18.9. The molecule has 7 nitrogen and oxygen atoms in total. The highest BCUT2D eigenvalue weighted by atomic mass is 16.5. The summed E-state index contributed by atoms with van der Waals surface area (Å²) in [7, 11) is 3.52. The molecule has 7 heteroatoms. The fourth-order valence-electron chi connectivity index (χ4n) is 3.19. The number of aryl methyl sites for hydroxylation is 2. The Morgan fingerprint density at radius 3 is 2.58 bits per heavy atom. The van der Waals surface area contributed by atoms with Crippen molar-refractivity contribution in [3.05, 3.63) is 17.0 Å². The summed E-state index contributed by atoms with van der Waals surface area (Å²) < 4.78 is 5.43. The van der Waals surface area contributed by atoms with Crippen LogP contribution < -0.4 is 10.6 Å². The lowest BCUT2D eigenvalue weighted by Crippen LogP contribution is -2.47. The molecule has 0 saturated heterocycles. The van der Waals surface area contributed by atoms with Gasteiger partial charge in [0.05, 0.1) is 18.8 Å². The molecule has 1 aromatic rings. The Balaban J connectivity index is 2.09. The number of hydrogen-bond acceptors (Lipinski definition) is 4. The number of amides is 1. The number of carbonyl (C=O) groups excluding carboxylic acids is 1. The van der Waals surface area contributed by atoms with Gasteiger partial charge in [0.2, 0.25) is 5.91 Å². The Kier molecular flexibility index (Phi) is 7.94. The van der Waals surface area contributed by atoms with E-state index in [1.165, 1.54) is 19.3 Å². The Morgan fingerprint density at radius 1 is 1.23 bits per heavy atom. The molecule has 1 amide bonds. The van der Waals surface area contributed by atoms with Crippen LogP contribution in [0.4, 0.5) is 0 Å². The fraction of sp³-hybridized carbons (Fsp3) is 0.737. The third kappa shape index (κ3) is 5.75. The lowest BCUT2D eigenvalue weighted by Gasteiger charge is -2.25. The second-order valence-electron chi connectivity index (χ2n) is 7.02. The summed E-state index contributed by atoms with van der Waals surface area (Å²) in [4.78, 5) is 18.2. The van der Waals surface area contributed by atoms with Gasteiger partial charge in [-0.05, 0) is 19.3 Å². The molecule has 2 N–H and O–H groups in total. The van der Waals surface area contributed by atoms with Gasteiger partial charge >= 0.3 is 0 Å². The minimum atomic E-state index is 0.0246. The van der Waals surface area contributed by atoms with Crippen LogP contribution in [0.1, 0.15) is 63.0 Å². The van der Waals surface area contributed by atoms with Gasteiger partial charge in [-0.1, -0.05) is 38.3 Å². The Bertz CT molecular complexity index is 582. The molecule has 0 unspecified atom stereocenters. The summed E-state index contributed by atoms with van der Waals surface area (Å²) in [6.45, 7) is 4.87. The molecule has 146 valence electrons. The van der Waals surface area contributed by atoms with E-state index in [0.29, 0.717) is 18.5 Å². The van der Waals surface area contributed by atoms with E-state index >= 15 is 0 Å².